The SMILES string of the molecule is CC1Oc2ccc(NC(=O)CC(C)c3ccccc3)cc2NC1=O. The van der Waals surface area contributed by atoms with Crippen LogP contribution in [0.15, 0.2) is 48.5 Å². The van der Waals surface area contributed by atoms with Crippen molar-refractivity contribution in [3.63, 3.8) is 0 Å². The lowest BCUT2D eigenvalue weighted by molar-refractivity contribution is -0.122. The predicted octanol–water partition coefficient (Wildman–Crippen LogP) is 3.54. The van der Waals surface area contributed by atoms with Gasteiger partial charge >= 0.3 is 0 Å². The van der Waals surface area contributed by atoms with Crippen LogP contribution in [0.2, 0.25) is 0 Å². The second-order valence-corrected chi connectivity index (χ2v) is 6.02. The topological polar surface area (TPSA) is 67.4 Å². The average molecular weight is 324 g/mol. The van der Waals surface area contributed by atoms with E-state index in [2.05, 4.69) is 10.6 Å². The Morgan fingerprint density at radius 3 is 2.75 bits per heavy atom. The molecule has 1 aliphatic heterocycles. The number of carbonyl (C=O) groups excluding carboxylic acids is 2. The summed E-state index contributed by atoms with van der Waals surface area (Å²) in [7, 11) is 0. The lowest BCUT2D eigenvalue weighted by Crippen LogP contribution is -2.34. The summed E-state index contributed by atoms with van der Waals surface area (Å²) in [6.45, 7) is 3.72. The molecule has 0 aromatic heterocycles. The molecule has 2 unspecified atom stereocenters. The van der Waals surface area contributed by atoms with Crippen LogP contribution in [0, 0.1) is 0 Å². The Morgan fingerprint density at radius 1 is 1.25 bits per heavy atom. The first-order valence-corrected chi connectivity index (χ1v) is 7.99. The van der Waals surface area contributed by atoms with Crippen molar-refractivity contribution in [2.24, 2.45) is 0 Å². The molecule has 5 nitrogen and oxygen atoms in total. The Hall–Kier alpha value is -2.82. The molecule has 1 heterocycles. The molecule has 24 heavy (non-hydrogen) atoms. The van der Waals surface area contributed by atoms with E-state index < -0.39 is 6.10 Å². The zero-order valence-electron chi connectivity index (χ0n) is 13.7. The minimum absolute atomic E-state index is 0.0669. The predicted molar refractivity (Wildman–Crippen MR) is 93.3 cm³/mol. The van der Waals surface area contributed by atoms with Gasteiger partial charge in [-0.2, -0.15) is 0 Å². The molecule has 2 aromatic rings. The first kappa shape index (κ1) is 16.1. The minimum Gasteiger partial charge on any atom is -0.479 e. The maximum Gasteiger partial charge on any atom is 0.265 e. The molecule has 0 fully saturated rings. The summed E-state index contributed by atoms with van der Waals surface area (Å²) in [6, 6.07) is 15.2. The molecule has 2 N–H and O–H groups in total. The van der Waals surface area contributed by atoms with E-state index in [0.717, 1.165) is 5.56 Å². The third-order valence-electron chi connectivity index (χ3n) is 4.05. The second-order valence-electron chi connectivity index (χ2n) is 6.02. The number of nitrogens with one attached hydrogen (secondary N) is 2. The number of hydrogen-bond acceptors (Lipinski definition) is 3. The summed E-state index contributed by atoms with van der Waals surface area (Å²) >= 11 is 0. The third kappa shape index (κ3) is 3.56. The Balaban J connectivity index is 1.65. The van der Waals surface area contributed by atoms with Gasteiger partial charge in [0.05, 0.1) is 5.69 Å². The van der Waals surface area contributed by atoms with Crippen LogP contribution in [0.5, 0.6) is 5.75 Å². The number of carbonyl (C=O) groups is 2. The number of amides is 2. The summed E-state index contributed by atoms with van der Waals surface area (Å²) in [5.74, 6) is 0.483. The van der Waals surface area contributed by atoms with Gasteiger partial charge in [-0.15, -0.1) is 0 Å². The van der Waals surface area contributed by atoms with E-state index in [-0.39, 0.29) is 17.7 Å². The molecular formula is C19H20N2O3. The van der Waals surface area contributed by atoms with Gasteiger partial charge in [-0.25, -0.2) is 0 Å². The Labute approximate surface area is 141 Å². The summed E-state index contributed by atoms with van der Waals surface area (Å²) in [5.41, 5.74) is 2.34. The van der Waals surface area contributed by atoms with E-state index in [1.165, 1.54) is 0 Å². The van der Waals surface area contributed by atoms with Crippen LogP contribution in [-0.4, -0.2) is 17.9 Å². The molecule has 2 aromatic carbocycles. The fraction of sp³-hybridized carbons (Fsp3) is 0.263. The van der Waals surface area contributed by atoms with E-state index in [1.807, 2.05) is 37.3 Å². The third-order valence-corrected chi connectivity index (χ3v) is 4.05. The molecule has 0 saturated heterocycles. The fourth-order valence-corrected chi connectivity index (χ4v) is 2.68. The summed E-state index contributed by atoms with van der Waals surface area (Å²) in [6.07, 6.45) is -0.120. The zero-order valence-corrected chi connectivity index (χ0v) is 13.7. The molecule has 0 spiro atoms. The van der Waals surface area contributed by atoms with Crippen LogP contribution in [-0.2, 0) is 9.59 Å². The van der Waals surface area contributed by atoms with Crippen molar-refractivity contribution in [1.29, 1.82) is 0 Å². The van der Waals surface area contributed by atoms with Gasteiger partial charge in [0.25, 0.3) is 5.91 Å². The van der Waals surface area contributed by atoms with Crippen molar-refractivity contribution in [1.82, 2.24) is 0 Å². The molecule has 0 radical (unpaired) electrons. The Morgan fingerprint density at radius 2 is 2.00 bits per heavy atom. The van der Waals surface area contributed by atoms with Gasteiger partial charge in [-0.1, -0.05) is 37.3 Å². The highest BCUT2D eigenvalue weighted by Crippen LogP contribution is 2.32. The van der Waals surface area contributed by atoms with Crippen molar-refractivity contribution >= 4 is 23.2 Å². The summed E-state index contributed by atoms with van der Waals surface area (Å²) < 4.78 is 5.50. The van der Waals surface area contributed by atoms with Crippen LogP contribution < -0.4 is 15.4 Å². The van der Waals surface area contributed by atoms with E-state index in [4.69, 9.17) is 4.74 Å². The maximum absolute atomic E-state index is 12.3. The molecule has 3 rings (SSSR count). The number of hydrogen-bond donors (Lipinski definition) is 2. The van der Waals surface area contributed by atoms with Gasteiger partial charge in [-0.3, -0.25) is 9.59 Å². The summed E-state index contributed by atoms with van der Waals surface area (Å²) in [5, 5.41) is 5.65. The Kier molecular flexibility index (Phi) is 4.51. The molecule has 5 heteroatoms. The van der Waals surface area contributed by atoms with Gasteiger partial charge in [0, 0.05) is 12.1 Å². The normalized spacial score (nSPS) is 17.2. The van der Waals surface area contributed by atoms with Gasteiger partial charge in [0.15, 0.2) is 6.10 Å². The molecule has 2 amide bonds. The second kappa shape index (κ2) is 6.74. The minimum atomic E-state index is -0.510. The van der Waals surface area contributed by atoms with E-state index in [1.54, 1.807) is 25.1 Å². The largest absolute Gasteiger partial charge is 0.479 e. The van der Waals surface area contributed by atoms with Crippen molar-refractivity contribution in [3.8, 4) is 5.75 Å². The molecule has 2 atom stereocenters. The van der Waals surface area contributed by atoms with Crippen molar-refractivity contribution in [2.75, 3.05) is 10.6 Å². The van der Waals surface area contributed by atoms with Crippen molar-refractivity contribution in [2.45, 2.75) is 32.3 Å². The molecule has 0 saturated carbocycles. The highest BCUT2D eigenvalue weighted by molar-refractivity contribution is 5.99. The number of fused-ring (bicyclic) bond motifs is 1. The zero-order chi connectivity index (χ0) is 17.1. The monoisotopic (exact) mass is 324 g/mol. The van der Waals surface area contributed by atoms with Gasteiger partial charge in [-0.05, 0) is 36.6 Å². The number of rotatable bonds is 4. The molecule has 0 aliphatic carbocycles. The quantitative estimate of drug-likeness (QED) is 0.904. The molecular weight excluding hydrogens is 304 g/mol. The van der Waals surface area contributed by atoms with E-state index in [0.29, 0.717) is 23.5 Å². The van der Waals surface area contributed by atoms with E-state index in [9.17, 15) is 9.59 Å². The first-order chi connectivity index (χ1) is 11.5. The summed E-state index contributed by atoms with van der Waals surface area (Å²) in [4.78, 5) is 23.9. The molecule has 1 aliphatic rings. The van der Waals surface area contributed by atoms with Crippen LogP contribution in [0.25, 0.3) is 0 Å². The van der Waals surface area contributed by atoms with Crippen LogP contribution in [0.3, 0.4) is 0 Å². The first-order valence-electron chi connectivity index (χ1n) is 7.99. The van der Waals surface area contributed by atoms with Crippen molar-refractivity contribution in [3.05, 3.63) is 54.1 Å². The van der Waals surface area contributed by atoms with Gasteiger partial charge in [0.1, 0.15) is 5.75 Å². The maximum atomic E-state index is 12.3. The van der Waals surface area contributed by atoms with Crippen molar-refractivity contribution < 1.29 is 14.3 Å². The lowest BCUT2D eigenvalue weighted by Gasteiger charge is -2.23. The van der Waals surface area contributed by atoms with Crippen LogP contribution in [0.4, 0.5) is 11.4 Å². The van der Waals surface area contributed by atoms with Gasteiger partial charge < -0.3 is 15.4 Å². The average Bonchev–Trinajstić information content (AvgIpc) is 2.57. The fourth-order valence-electron chi connectivity index (χ4n) is 2.68. The number of benzene rings is 2. The molecule has 124 valence electrons. The highest BCUT2D eigenvalue weighted by atomic mass is 16.5. The van der Waals surface area contributed by atoms with E-state index >= 15 is 0 Å². The van der Waals surface area contributed by atoms with Crippen LogP contribution >= 0.6 is 0 Å². The van der Waals surface area contributed by atoms with Crippen LogP contribution in [0.1, 0.15) is 31.7 Å². The smallest absolute Gasteiger partial charge is 0.265 e. The number of ether oxygens (including phenoxy) is 1. The highest BCUT2D eigenvalue weighted by Gasteiger charge is 2.23. The standard InChI is InChI=1S/C19H20N2O3/c1-12(14-6-4-3-5-7-14)10-18(22)20-15-8-9-17-16(11-15)21-19(23)13(2)24-17/h3-9,11-13H,10H2,1-2H3,(H,20,22)(H,21,23). The molecule has 0 bridgehead atoms. The van der Waals surface area contributed by atoms with Gasteiger partial charge in [0.2, 0.25) is 5.91 Å². The lowest BCUT2D eigenvalue weighted by atomic mass is 9.97. The number of anilines is 2. The Bertz CT molecular complexity index is 758.